The maximum atomic E-state index is 11.8. The largest absolute Gasteiger partial charge is 0.394 e. The van der Waals surface area contributed by atoms with Crippen LogP contribution in [0.2, 0.25) is 0 Å². The van der Waals surface area contributed by atoms with Crippen LogP contribution in [0.1, 0.15) is 29.3 Å². The first-order valence-electron chi connectivity index (χ1n) is 6.27. The minimum absolute atomic E-state index is 0.193. The van der Waals surface area contributed by atoms with Crippen LogP contribution in [0.15, 0.2) is 33.5 Å². The van der Waals surface area contributed by atoms with E-state index in [0.717, 1.165) is 33.3 Å². The average molecular weight is 321 g/mol. The smallest absolute Gasteiger partial charge is 0.271 e. The van der Waals surface area contributed by atoms with E-state index in [0.29, 0.717) is 12.1 Å². The number of aromatic amines is 1. The number of aromatic nitrogens is 1. The quantitative estimate of drug-likeness (QED) is 0.912. The van der Waals surface area contributed by atoms with Gasteiger partial charge in [0.15, 0.2) is 0 Å². The van der Waals surface area contributed by atoms with Crippen molar-refractivity contribution in [3.63, 3.8) is 0 Å². The third-order valence-electron chi connectivity index (χ3n) is 3.34. The number of hydrogen-bond donors (Lipinski definition) is 2. The van der Waals surface area contributed by atoms with Crippen LogP contribution < -0.4 is 11.3 Å². The second-order valence-electron chi connectivity index (χ2n) is 4.61. The van der Waals surface area contributed by atoms with Gasteiger partial charge in [0, 0.05) is 16.6 Å². The molecule has 0 aliphatic heterocycles. The lowest BCUT2D eigenvalue weighted by atomic mass is 9.96. The minimum Gasteiger partial charge on any atom is -0.394 e. The first kappa shape index (κ1) is 13.9. The van der Waals surface area contributed by atoms with Crippen LogP contribution in [-0.4, -0.2) is 4.98 Å². The SMILES string of the molecule is CCc1c(C)[nH]c(=O)c(N)c1Cc1ccc(Br)cc1. The molecule has 0 radical (unpaired) electrons. The van der Waals surface area contributed by atoms with Crippen LogP contribution in [0.4, 0.5) is 5.69 Å². The molecule has 1 heterocycles. The van der Waals surface area contributed by atoms with Gasteiger partial charge in [-0.15, -0.1) is 0 Å². The summed E-state index contributed by atoms with van der Waals surface area (Å²) in [5, 5.41) is 0. The molecule has 0 saturated heterocycles. The minimum atomic E-state index is -0.193. The lowest BCUT2D eigenvalue weighted by Gasteiger charge is -2.13. The number of nitrogens with one attached hydrogen (secondary N) is 1. The number of hydrogen-bond acceptors (Lipinski definition) is 2. The zero-order chi connectivity index (χ0) is 14.0. The van der Waals surface area contributed by atoms with Crippen LogP contribution in [0, 0.1) is 6.92 Å². The van der Waals surface area contributed by atoms with Crippen LogP contribution in [0.5, 0.6) is 0 Å². The third kappa shape index (κ3) is 2.89. The van der Waals surface area contributed by atoms with E-state index in [9.17, 15) is 4.79 Å². The van der Waals surface area contributed by atoms with Gasteiger partial charge in [0.25, 0.3) is 5.56 Å². The molecule has 0 amide bonds. The molecule has 0 aliphatic rings. The van der Waals surface area contributed by atoms with Crippen molar-refractivity contribution < 1.29 is 0 Å². The molecule has 4 heteroatoms. The van der Waals surface area contributed by atoms with Crippen molar-refractivity contribution >= 4 is 21.6 Å². The van der Waals surface area contributed by atoms with Crippen LogP contribution in [-0.2, 0) is 12.8 Å². The van der Waals surface area contributed by atoms with Crippen molar-refractivity contribution in [1.29, 1.82) is 0 Å². The molecule has 2 rings (SSSR count). The summed E-state index contributed by atoms with van der Waals surface area (Å²) in [6, 6.07) is 8.08. The van der Waals surface area contributed by atoms with Gasteiger partial charge in [-0.05, 0) is 42.2 Å². The number of aryl methyl sites for hydroxylation is 1. The lowest BCUT2D eigenvalue weighted by molar-refractivity contribution is 0.980. The highest BCUT2D eigenvalue weighted by atomic mass is 79.9. The maximum absolute atomic E-state index is 11.8. The number of H-pyrrole nitrogens is 1. The molecule has 100 valence electrons. The van der Waals surface area contributed by atoms with E-state index in [-0.39, 0.29) is 5.56 Å². The standard InChI is InChI=1S/C15H17BrN2O/c1-3-12-9(2)18-15(19)14(17)13(12)8-10-4-6-11(16)7-5-10/h4-7H,3,8,17H2,1-2H3,(H,18,19). The molecule has 0 aliphatic carbocycles. The van der Waals surface area contributed by atoms with Gasteiger partial charge in [0.2, 0.25) is 0 Å². The van der Waals surface area contributed by atoms with Crippen LogP contribution in [0.25, 0.3) is 0 Å². The number of rotatable bonds is 3. The van der Waals surface area contributed by atoms with E-state index in [2.05, 4.69) is 27.8 Å². The van der Waals surface area contributed by atoms with Crippen molar-refractivity contribution in [2.75, 3.05) is 5.73 Å². The Bertz CT molecular complexity index is 644. The van der Waals surface area contributed by atoms with Crippen molar-refractivity contribution in [3.05, 3.63) is 61.5 Å². The second kappa shape index (κ2) is 5.61. The Labute approximate surface area is 121 Å². The summed E-state index contributed by atoms with van der Waals surface area (Å²) in [6.45, 7) is 4.00. The van der Waals surface area contributed by atoms with E-state index in [1.54, 1.807) is 0 Å². The molecule has 0 bridgehead atoms. The third-order valence-corrected chi connectivity index (χ3v) is 3.86. The number of pyridine rings is 1. The Morgan fingerprint density at radius 1 is 1.21 bits per heavy atom. The Morgan fingerprint density at radius 2 is 1.84 bits per heavy atom. The predicted molar refractivity (Wildman–Crippen MR) is 82.5 cm³/mol. The second-order valence-corrected chi connectivity index (χ2v) is 5.52. The van der Waals surface area contributed by atoms with E-state index in [4.69, 9.17) is 5.73 Å². The fraction of sp³-hybridized carbons (Fsp3) is 0.267. The Morgan fingerprint density at radius 3 is 2.42 bits per heavy atom. The monoisotopic (exact) mass is 320 g/mol. The Balaban J connectivity index is 2.49. The van der Waals surface area contributed by atoms with Gasteiger partial charge in [-0.25, -0.2) is 0 Å². The molecule has 0 unspecified atom stereocenters. The van der Waals surface area contributed by atoms with E-state index >= 15 is 0 Å². The van der Waals surface area contributed by atoms with E-state index in [1.165, 1.54) is 0 Å². The molecule has 3 N–H and O–H groups in total. The first-order chi connectivity index (χ1) is 9.02. The molecular formula is C15H17BrN2O. The number of nitrogen functional groups attached to an aromatic ring is 1. The highest BCUT2D eigenvalue weighted by molar-refractivity contribution is 9.10. The molecule has 3 nitrogen and oxygen atoms in total. The highest BCUT2D eigenvalue weighted by Gasteiger charge is 2.12. The van der Waals surface area contributed by atoms with Gasteiger partial charge in [0.05, 0.1) is 0 Å². The van der Waals surface area contributed by atoms with Gasteiger partial charge in [-0.2, -0.15) is 0 Å². The Kier molecular flexibility index (Phi) is 4.10. The number of benzene rings is 1. The summed E-state index contributed by atoms with van der Waals surface area (Å²) in [7, 11) is 0. The fourth-order valence-electron chi connectivity index (χ4n) is 2.33. The zero-order valence-electron chi connectivity index (χ0n) is 11.1. The van der Waals surface area contributed by atoms with E-state index < -0.39 is 0 Å². The molecular weight excluding hydrogens is 304 g/mol. The summed E-state index contributed by atoms with van der Waals surface area (Å²) in [5.41, 5.74) is 10.2. The number of nitrogens with two attached hydrogens (primary N) is 1. The molecule has 0 saturated carbocycles. The summed E-state index contributed by atoms with van der Waals surface area (Å²) >= 11 is 3.42. The van der Waals surface area contributed by atoms with Crippen molar-refractivity contribution in [2.24, 2.45) is 0 Å². The van der Waals surface area contributed by atoms with Gasteiger partial charge >= 0.3 is 0 Å². The molecule has 2 aromatic rings. The summed E-state index contributed by atoms with van der Waals surface area (Å²) in [5.74, 6) is 0. The highest BCUT2D eigenvalue weighted by Crippen LogP contribution is 2.21. The normalized spacial score (nSPS) is 10.7. The van der Waals surface area contributed by atoms with Gasteiger partial charge in [-0.1, -0.05) is 35.0 Å². The molecule has 1 aromatic carbocycles. The number of anilines is 1. The topological polar surface area (TPSA) is 58.9 Å². The predicted octanol–water partition coefficient (Wildman–Crippen LogP) is 3.18. The van der Waals surface area contributed by atoms with E-state index in [1.807, 2.05) is 31.2 Å². The van der Waals surface area contributed by atoms with Crippen LogP contribution in [0.3, 0.4) is 0 Å². The fourth-order valence-corrected chi connectivity index (χ4v) is 2.59. The van der Waals surface area contributed by atoms with Crippen molar-refractivity contribution in [3.8, 4) is 0 Å². The number of halogens is 1. The maximum Gasteiger partial charge on any atom is 0.271 e. The summed E-state index contributed by atoms with van der Waals surface area (Å²) in [6.07, 6.45) is 1.55. The van der Waals surface area contributed by atoms with Gasteiger partial charge < -0.3 is 10.7 Å². The van der Waals surface area contributed by atoms with Gasteiger partial charge in [0.1, 0.15) is 5.69 Å². The first-order valence-corrected chi connectivity index (χ1v) is 7.06. The van der Waals surface area contributed by atoms with Gasteiger partial charge in [-0.3, -0.25) is 4.79 Å². The lowest BCUT2D eigenvalue weighted by Crippen LogP contribution is -2.19. The average Bonchev–Trinajstić information content (AvgIpc) is 2.38. The summed E-state index contributed by atoms with van der Waals surface area (Å²) in [4.78, 5) is 14.6. The molecule has 0 spiro atoms. The van der Waals surface area contributed by atoms with Crippen LogP contribution >= 0.6 is 15.9 Å². The summed E-state index contributed by atoms with van der Waals surface area (Å²) < 4.78 is 1.04. The zero-order valence-corrected chi connectivity index (χ0v) is 12.7. The Hall–Kier alpha value is -1.55. The van der Waals surface area contributed by atoms with Crippen molar-refractivity contribution in [1.82, 2.24) is 4.98 Å². The molecule has 1 aromatic heterocycles. The van der Waals surface area contributed by atoms with Crippen molar-refractivity contribution in [2.45, 2.75) is 26.7 Å². The molecule has 19 heavy (non-hydrogen) atoms. The molecule has 0 atom stereocenters. The molecule has 0 fully saturated rings.